The Morgan fingerprint density at radius 3 is 2.47 bits per heavy atom. The van der Waals surface area contributed by atoms with Crippen LogP contribution in [0.5, 0.6) is 5.75 Å². The highest BCUT2D eigenvalue weighted by Gasteiger charge is 2.33. The van der Waals surface area contributed by atoms with Gasteiger partial charge in [-0.25, -0.2) is 0 Å². The van der Waals surface area contributed by atoms with Crippen molar-refractivity contribution in [3.8, 4) is 5.75 Å². The second-order valence-corrected chi connectivity index (χ2v) is 5.75. The van der Waals surface area contributed by atoms with Gasteiger partial charge in [0.2, 0.25) is 5.91 Å². The number of amides is 1. The molecule has 19 heavy (non-hydrogen) atoms. The number of benzene rings is 1. The van der Waals surface area contributed by atoms with Gasteiger partial charge in [0.15, 0.2) is 0 Å². The predicted molar refractivity (Wildman–Crippen MR) is 79.8 cm³/mol. The van der Waals surface area contributed by atoms with E-state index in [1.165, 1.54) is 12.8 Å². The molecule has 0 bridgehead atoms. The number of carbonyl (C=O) groups is 1. The minimum Gasteiger partial charge on any atom is -0.497 e. The van der Waals surface area contributed by atoms with Crippen LogP contribution in [-0.2, 0) is 11.2 Å². The number of rotatable bonds is 5. The van der Waals surface area contributed by atoms with Gasteiger partial charge in [-0.05, 0) is 30.5 Å². The van der Waals surface area contributed by atoms with Gasteiger partial charge in [0.05, 0.1) is 13.5 Å². The number of halogens is 1. The van der Waals surface area contributed by atoms with Crippen LogP contribution in [0, 0.1) is 0 Å². The van der Waals surface area contributed by atoms with Crippen molar-refractivity contribution in [2.24, 2.45) is 0 Å². The standard InChI is InChI=1S/C15H20BrNO2/c1-19-13-6-4-12(5-7-13)10-14(18)17-15(11-16)8-2-3-9-15/h4-7H,2-3,8-11H2,1H3,(H,17,18). The highest BCUT2D eigenvalue weighted by molar-refractivity contribution is 9.09. The maximum atomic E-state index is 12.1. The van der Waals surface area contributed by atoms with Crippen molar-refractivity contribution in [2.75, 3.05) is 12.4 Å². The first kappa shape index (κ1) is 14.4. The largest absolute Gasteiger partial charge is 0.497 e. The minimum atomic E-state index is -0.0243. The number of nitrogens with one attached hydrogen (secondary N) is 1. The van der Waals surface area contributed by atoms with E-state index in [4.69, 9.17) is 4.74 Å². The van der Waals surface area contributed by atoms with Crippen molar-refractivity contribution >= 4 is 21.8 Å². The van der Waals surface area contributed by atoms with E-state index in [0.717, 1.165) is 29.5 Å². The summed E-state index contributed by atoms with van der Waals surface area (Å²) >= 11 is 3.53. The SMILES string of the molecule is COc1ccc(CC(=O)NC2(CBr)CCCC2)cc1. The number of hydrogen-bond donors (Lipinski definition) is 1. The average Bonchev–Trinajstić information content (AvgIpc) is 2.88. The van der Waals surface area contributed by atoms with Gasteiger partial charge in [-0.15, -0.1) is 0 Å². The van der Waals surface area contributed by atoms with Gasteiger partial charge in [-0.2, -0.15) is 0 Å². The summed E-state index contributed by atoms with van der Waals surface area (Å²) in [5, 5.41) is 4.04. The summed E-state index contributed by atoms with van der Waals surface area (Å²) in [6, 6.07) is 7.65. The van der Waals surface area contributed by atoms with Crippen molar-refractivity contribution in [1.29, 1.82) is 0 Å². The van der Waals surface area contributed by atoms with Crippen LogP contribution >= 0.6 is 15.9 Å². The third kappa shape index (κ3) is 3.72. The first-order chi connectivity index (χ1) is 9.17. The van der Waals surface area contributed by atoms with Crippen LogP contribution in [-0.4, -0.2) is 23.9 Å². The Morgan fingerprint density at radius 2 is 1.95 bits per heavy atom. The molecule has 1 fully saturated rings. The molecule has 0 atom stereocenters. The zero-order chi connectivity index (χ0) is 13.7. The number of methoxy groups -OCH3 is 1. The maximum absolute atomic E-state index is 12.1. The fourth-order valence-corrected chi connectivity index (χ4v) is 3.31. The molecule has 0 aliphatic heterocycles. The van der Waals surface area contributed by atoms with Gasteiger partial charge in [-0.1, -0.05) is 40.9 Å². The fraction of sp³-hybridized carbons (Fsp3) is 0.533. The summed E-state index contributed by atoms with van der Waals surface area (Å²) < 4.78 is 5.11. The smallest absolute Gasteiger partial charge is 0.224 e. The molecule has 0 radical (unpaired) electrons. The second-order valence-electron chi connectivity index (χ2n) is 5.19. The van der Waals surface area contributed by atoms with E-state index in [9.17, 15) is 4.79 Å². The van der Waals surface area contributed by atoms with E-state index in [1.807, 2.05) is 24.3 Å². The average molecular weight is 326 g/mol. The zero-order valence-electron chi connectivity index (χ0n) is 11.2. The number of alkyl halides is 1. The Labute approximate surface area is 122 Å². The molecule has 0 spiro atoms. The van der Waals surface area contributed by atoms with Gasteiger partial charge in [0.1, 0.15) is 5.75 Å². The van der Waals surface area contributed by atoms with Gasteiger partial charge < -0.3 is 10.1 Å². The molecule has 1 aliphatic rings. The monoisotopic (exact) mass is 325 g/mol. The normalized spacial score (nSPS) is 17.2. The molecule has 1 aromatic carbocycles. The topological polar surface area (TPSA) is 38.3 Å². The first-order valence-electron chi connectivity index (χ1n) is 6.67. The molecule has 4 heteroatoms. The maximum Gasteiger partial charge on any atom is 0.224 e. The minimum absolute atomic E-state index is 0.0243. The Kier molecular flexibility index (Phi) is 4.86. The van der Waals surface area contributed by atoms with E-state index in [-0.39, 0.29) is 11.4 Å². The molecule has 0 aromatic heterocycles. The van der Waals surface area contributed by atoms with E-state index in [1.54, 1.807) is 7.11 Å². The quantitative estimate of drug-likeness (QED) is 0.845. The summed E-state index contributed by atoms with van der Waals surface area (Å²) in [6.45, 7) is 0. The lowest BCUT2D eigenvalue weighted by molar-refractivity contribution is -0.122. The van der Waals surface area contributed by atoms with Gasteiger partial charge in [0.25, 0.3) is 0 Å². The molecule has 1 saturated carbocycles. The summed E-state index contributed by atoms with van der Waals surface area (Å²) in [5.41, 5.74) is 0.991. The molecular formula is C15H20BrNO2. The molecule has 104 valence electrons. The van der Waals surface area contributed by atoms with E-state index >= 15 is 0 Å². The van der Waals surface area contributed by atoms with E-state index in [0.29, 0.717) is 6.42 Å². The number of carbonyl (C=O) groups excluding carboxylic acids is 1. The van der Waals surface area contributed by atoms with Crippen LogP contribution in [0.1, 0.15) is 31.2 Å². The Morgan fingerprint density at radius 1 is 1.32 bits per heavy atom. The van der Waals surface area contributed by atoms with Crippen molar-refractivity contribution in [3.63, 3.8) is 0 Å². The molecule has 1 N–H and O–H groups in total. The van der Waals surface area contributed by atoms with Crippen LogP contribution < -0.4 is 10.1 Å². The molecule has 1 amide bonds. The third-order valence-corrected chi connectivity index (χ3v) is 4.82. The molecular weight excluding hydrogens is 306 g/mol. The molecule has 2 rings (SSSR count). The highest BCUT2D eigenvalue weighted by atomic mass is 79.9. The first-order valence-corrected chi connectivity index (χ1v) is 7.79. The summed E-state index contributed by atoms with van der Waals surface area (Å²) in [4.78, 5) is 12.1. The van der Waals surface area contributed by atoms with Gasteiger partial charge in [0, 0.05) is 10.9 Å². The van der Waals surface area contributed by atoms with Crippen molar-refractivity contribution < 1.29 is 9.53 Å². The van der Waals surface area contributed by atoms with E-state index in [2.05, 4.69) is 21.2 Å². The van der Waals surface area contributed by atoms with Crippen LogP contribution in [0.25, 0.3) is 0 Å². The van der Waals surface area contributed by atoms with Crippen molar-refractivity contribution in [3.05, 3.63) is 29.8 Å². The molecule has 3 nitrogen and oxygen atoms in total. The van der Waals surface area contributed by atoms with Crippen LogP contribution in [0.3, 0.4) is 0 Å². The Hall–Kier alpha value is -1.03. The number of ether oxygens (including phenoxy) is 1. The fourth-order valence-electron chi connectivity index (χ4n) is 2.61. The van der Waals surface area contributed by atoms with Gasteiger partial charge >= 0.3 is 0 Å². The summed E-state index contributed by atoms with van der Waals surface area (Å²) in [6.07, 6.45) is 4.99. The lowest BCUT2D eigenvalue weighted by atomic mass is 10.00. The summed E-state index contributed by atoms with van der Waals surface area (Å²) in [7, 11) is 1.64. The molecule has 0 unspecified atom stereocenters. The lowest BCUT2D eigenvalue weighted by Gasteiger charge is -2.28. The third-order valence-electron chi connectivity index (χ3n) is 3.74. The zero-order valence-corrected chi connectivity index (χ0v) is 12.8. The van der Waals surface area contributed by atoms with Crippen molar-refractivity contribution in [1.82, 2.24) is 5.32 Å². The van der Waals surface area contributed by atoms with Crippen molar-refractivity contribution in [2.45, 2.75) is 37.6 Å². The second kappa shape index (κ2) is 6.42. The lowest BCUT2D eigenvalue weighted by Crippen LogP contribution is -2.48. The Bertz CT molecular complexity index is 424. The number of hydrogen-bond acceptors (Lipinski definition) is 2. The van der Waals surface area contributed by atoms with E-state index < -0.39 is 0 Å². The van der Waals surface area contributed by atoms with Gasteiger partial charge in [-0.3, -0.25) is 4.79 Å². The summed E-state index contributed by atoms with van der Waals surface area (Å²) in [5.74, 6) is 0.920. The highest BCUT2D eigenvalue weighted by Crippen LogP contribution is 2.31. The Balaban J connectivity index is 1.93. The molecule has 0 saturated heterocycles. The molecule has 0 heterocycles. The van der Waals surface area contributed by atoms with Crippen LogP contribution in [0.15, 0.2) is 24.3 Å². The molecule has 1 aromatic rings. The molecule has 1 aliphatic carbocycles. The van der Waals surface area contributed by atoms with Crippen LogP contribution in [0.2, 0.25) is 0 Å². The predicted octanol–water partition coefficient (Wildman–Crippen LogP) is 3.06. The van der Waals surface area contributed by atoms with Crippen LogP contribution in [0.4, 0.5) is 0 Å².